The van der Waals surface area contributed by atoms with Gasteiger partial charge in [0.25, 0.3) is 0 Å². The molecule has 2 aromatic rings. The lowest BCUT2D eigenvalue weighted by molar-refractivity contribution is -0.0470. The number of aliphatic hydroxyl groups is 2. The first-order valence-electron chi connectivity index (χ1n) is 11.0. The smallest absolute Gasteiger partial charge is 0.119 e. The Bertz CT molecular complexity index is 862. The molecule has 1 aromatic heterocycles. The average Bonchev–Trinajstić information content (AvgIpc) is 2.75. The summed E-state index contributed by atoms with van der Waals surface area (Å²) in [4.78, 5) is 4.79. The summed E-state index contributed by atoms with van der Waals surface area (Å²) in [6.07, 6.45) is 10.1. The standard InChI is InChI=1S/C25H33NO3/c1-16(28)25-19(15-27)13-17-5-3-4-6-22(17)23(25)11-9-20-8-7-18-14-21(29-2)10-12-24(18)26-20/h7-12,14,16-17,19,22-23,25,27-28H,3-6,13,15H2,1-2H3/t16-,17?,19?,22?,23?,25?/m0/s1. The molecule has 29 heavy (non-hydrogen) atoms. The minimum absolute atomic E-state index is 0.111. The molecule has 4 rings (SSSR count). The Balaban J connectivity index is 1.63. The Hall–Kier alpha value is -1.91. The number of hydrogen-bond acceptors (Lipinski definition) is 4. The van der Waals surface area contributed by atoms with Gasteiger partial charge in [-0.2, -0.15) is 0 Å². The number of fused-ring (bicyclic) bond motifs is 2. The van der Waals surface area contributed by atoms with Crippen LogP contribution in [0.4, 0.5) is 0 Å². The van der Waals surface area contributed by atoms with Crippen LogP contribution < -0.4 is 4.74 Å². The Morgan fingerprint density at radius 3 is 2.79 bits per heavy atom. The molecule has 6 atom stereocenters. The number of hydrogen-bond donors (Lipinski definition) is 2. The molecule has 0 amide bonds. The third-order valence-corrected chi connectivity index (χ3v) is 7.26. The summed E-state index contributed by atoms with van der Waals surface area (Å²) < 4.78 is 5.30. The molecule has 0 saturated heterocycles. The summed E-state index contributed by atoms with van der Waals surface area (Å²) in [6, 6.07) is 10.0. The molecule has 0 bridgehead atoms. The number of benzene rings is 1. The van der Waals surface area contributed by atoms with Crippen LogP contribution >= 0.6 is 0 Å². The highest BCUT2D eigenvalue weighted by molar-refractivity contribution is 5.81. The lowest BCUT2D eigenvalue weighted by Crippen LogP contribution is -2.46. The van der Waals surface area contributed by atoms with Crippen LogP contribution in [0.5, 0.6) is 5.75 Å². The predicted octanol–water partition coefficient (Wildman–Crippen LogP) is 4.69. The van der Waals surface area contributed by atoms with Crippen molar-refractivity contribution in [2.24, 2.45) is 29.6 Å². The number of rotatable bonds is 5. The van der Waals surface area contributed by atoms with Crippen molar-refractivity contribution in [2.75, 3.05) is 13.7 Å². The molecule has 2 saturated carbocycles. The van der Waals surface area contributed by atoms with Crippen molar-refractivity contribution >= 4 is 17.0 Å². The lowest BCUT2D eigenvalue weighted by Gasteiger charge is -2.49. The van der Waals surface area contributed by atoms with Crippen molar-refractivity contribution in [2.45, 2.75) is 45.1 Å². The first-order valence-corrected chi connectivity index (χ1v) is 11.0. The van der Waals surface area contributed by atoms with Crippen molar-refractivity contribution in [3.05, 3.63) is 42.1 Å². The fraction of sp³-hybridized carbons (Fsp3) is 0.560. The lowest BCUT2D eigenvalue weighted by atomic mass is 9.57. The van der Waals surface area contributed by atoms with Crippen LogP contribution in [0.2, 0.25) is 0 Å². The third kappa shape index (κ3) is 4.19. The molecule has 2 aliphatic carbocycles. The summed E-state index contributed by atoms with van der Waals surface area (Å²) in [6.45, 7) is 2.05. The topological polar surface area (TPSA) is 62.6 Å². The number of allylic oxidation sites excluding steroid dienone is 1. The van der Waals surface area contributed by atoms with Gasteiger partial charge in [0, 0.05) is 12.0 Å². The second-order valence-electron chi connectivity index (χ2n) is 8.94. The summed E-state index contributed by atoms with van der Waals surface area (Å²) in [5.41, 5.74) is 1.89. The number of methoxy groups -OCH3 is 1. The normalized spacial score (nSPS) is 31.0. The molecule has 0 spiro atoms. The van der Waals surface area contributed by atoms with Gasteiger partial charge in [-0.1, -0.05) is 31.4 Å². The van der Waals surface area contributed by atoms with Crippen LogP contribution in [0.3, 0.4) is 0 Å². The maximum absolute atomic E-state index is 10.6. The van der Waals surface area contributed by atoms with Gasteiger partial charge in [0.05, 0.1) is 24.4 Å². The van der Waals surface area contributed by atoms with E-state index in [1.54, 1.807) is 7.11 Å². The van der Waals surface area contributed by atoms with Crippen molar-refractivity contribution < 1.29 is 14.9 Å². The van der Waals surface area contributed by atoms with Crippen LogP contribution in [0.25, 0.3) is 17.0 Å². The van der Waals surface area contributed by atoms with Gasteiger partial charge in [0.2, 0.25) is 0 Å². The van der Waals surface area contributed by atoms with E-state index < -0.39 is 6.10 Å². The summed E-state index contributed by atoms with van der Waals surface area (Å²) >= 11 is 0. The molecule has 2 fully saturated rings. The minimum atomic E-state index is -0.415. The van der Waals surface area contributed by atoms with Gasteiger partial charge in [-0.05, 0) is 79.7 Å². The molecule has 0 aliphatic heterocycles. The van der Waals surface area contributed by atoms with E-state index in [1.807, 2.05) is 31.2 Å². The fourth-order valence-electron chi connectivity index (χ4n) is 5.91. The van der Waals surface area contributed by atoms with E-state index in [1.165, 1.54) is 25.7 Å². The second-order valence-corrected chi connectivity index (χ2v) is 8.94. The number of pyridine rings is 1. The minimum Gasteiger partial charge on any atom is -0.497 e. The summed E-state index contributed by atoms with van der Waals surface area (Å²) in [5, 5.41) is 21.6. The quantitative estimate of drug-likeness (QED) is 0.771. The monoisotopic (exact) mass is 395 g/mol. The van der Waals surface area contributed by atoms with Crippen LogP contribution in [0.15, 0.2) is 36.4 Å². The van der Waals surface area contributed by atoms with Crippen molar-refractivity contribution in [3.63, 3.8) is 0 Å². The van der Waals surface area contributed by atoms with Gasteiger partial charge in [-0.3, -0.25) is 0 Å². The van der Waals surface area contributed by atoms with Gasteiger partial charge in [-0.15, -0.1) is 0 Å². The van der Waals surface area contributed by atoms with Gasteiger partial charge < -0.3 is 14.9 Å². The molecule has 4 nitrogen and oxygen atoms in total. The largest absolute Gasteiger partial charge is 0.497 e. The highest BCUT2D eigenvalue weighted by Gasteiger charge is 2.45. The number of nitrogens with zero attached hydrogens (tertiary/aromatic N) is 1. The van der Waals surface area contributed by atoms with Crippen molar-refractivity contribution in [1.82, 2.24) is 4.98 Å². The van der Waals surface area contributed by atoms with E-state index >= 15 is 0 Å². The number of aliphatic hydroxyl groups excluding tert-OH is 2. The number of ether oxygens (including phenoxy) is 1. The van der Waals surface area contributed by atoms with Crippen molar-refractivity contribution in [1.29, 1.82) is 0 Å². The maximum atomic E-state index is 10.6. The molecule has 0 radical (unpaired) electrons. The highest BCUT2D eigenvalue weighted by atomic mass is 16.5. The molecule has 1 heterocycles. The van der Waals surface area contributed by atoms with Gasteiger partial charge in [0.15, 0.2) is 0 Å². The van der Waals surface area contributed by atoms with E-state index in [9.17, 15) is 10.2 Å². The number of aromatic nitrogens is 1. The highest BCUT2D eigenvalue weighted by Crippen LogP contribution is 2.50. The van der Waals surface area contributed by atoms with E-state index in [2.05, 4.69) is 18.2 Å². The molecule has 1 aromatic carbocycles. The Kier molecular flexibility index (Phi) is 6.21. The third-order valence-electron chi connectivity index (χ3n) is 7.26. The van der Waals surface area contributed by atoms with E-state index in [-0.39, 0.29) is 18.4 Å². The first kappa shape index (κ1) is 20.4. The molecule has 2 N–H and O–H groups in total. The molecular formula is C25H33NO3. The fourth-order valence-corrected chi connectivity index (χ4v) is 5.91. The average molecular weight is 396 g/mol. The van der Waals surface area contributed by atoms with Crippen molar-refractivity contribution in [3.8, 4) is 5.75 Å². The van der Waals surface area contributed by atoms with Crippen LogP contribution in [0.1, 0.15) is 44.7 Å². The Labute approximate surface area is 173 Å². The van der Waals surface area contributed by atoms with Crippen LogP contribution in [0, 0.1) is 29.6 Å². The van der Waals surface area contributed by atoms with E-state index in [0.29, 0.717) is 17.8 Å². The molecule has 156 valence electrons. The predicted molar refractivity (Wildman–Crippen MR) is 117 cm³/mol. The zero-order valence-corrected chi connectivity index (χ0v) is 17.5. The van der Waals surface area contributed by atoms with Gasteiger partial charge in [-0.25, -0.2) is 4.98 Å². The van der Waals surface area contributed by atoms with Crippen LogP contribution in [-0.4, -0.2) is 35.0 Å². The Morgan fingerprint density at radius 1 is 1.21 bits per heavy atom. The summed E-state index contributed by atoms with van der Waals surface area (Å²) in [7, 11) is 1.67. The maximum Gasteiger partial charge on any atom is 0.119 e. The molecule has 5 unspecified atom stereocenters. The SMILES string of the molecule is COc1ccc2nc(C=CC3C4CCCCC4CC(CO)C3[C@H](C)O)ccc2c1. The zero-order valence-electron chi connectivity index (χ0n) is 17.5. The zero-order chi connectivity index (χ0) is 20.4. The van der Waals surface area contributed by atoms with Gasteiger partial charge >= 0.3 is 0 Å². The van der Waals surface area contributed by atoms with E-state index in [0.717, 1.165) is 28.8 Å². The Morgan fingerprint density at radius 2 is 2.03 bits per heavy atom. The summed E-state index contributed by atoms with van der Waals surface area (Å²) in [5.74, 6) is 2.69. The molecule has 4 heteroatoms. The first-order chi connectivity index (χ1) is 14.1. The van der Waals surface area contributed by atoms with Gasteiger partial charge in [0.1, 0.15) is 5.75 Å². The second kappa shape index (κ2) is 8.85. The molecule has 2 aliphatic rings. The van der Waals surface area contributed by atoms with E-state index in [4.69, 9.17) is 9.72 Å². The molecular weight excluding hydrogens is 362 g/mol. The van der Waals surface area contributed by atoms with Crippen LogP contribution in [-0.2, 0) is 0 Å².